The number of nitrogens with zero attached hydrogens (tertiary/aromatic N) is 1. The van der Waals surface area contributed by atoms with E-state index in [0.717, 1.165) is 0 Å². The monoisotopic (exact) mass is 303 g/mol. The van der Waals surface area contributed by atoms with Gasteiger partial charge in [-0.25, -0.2) is 8.42 Å². The van der Waals surface area contributed by atoms with E-state index in [1.807, 2.05) is 0 Å². The topological polar surface area (TPSA) is 74.7 Å². The molecule has 1 aromatic rings. The van der Waals surface area contributed by atoms with Gasteiger partial charge in [0.25, 0.3) is 0 Å². The Hall–Kier alpha value is -1.11. The maximum atomic E-state index is 12.3. The summed E-state index contributed by atoms with van der Waals surface area (Å²) < 4.78 is 25.9. The van der Waals surface area contributed by atoms with Crippen LogP contribution in [-0.2, 0) is 14.8 Å². The lowest BCUT2D eigenvalue weighted by Crippen LogP contribution is -2.30. The number of rotatable bonds is 3. The van der Waals surface area contributed by atoms with Crippen molar-refractivity contribution < 1.29 is 18.3 Å². The summed E-state index contributed by atoms with van der Waals surface area (Å²) >= 11 is 5.72. The first-order valence-corrected chi connectivity index (χ1v) is 7.62. The summed E-state index contributed by atoms with van der Waals surface area (Å²) in [6, 6.07) is 5.86. The Morgan fingerprint density at radius 3 is 2.37 bits per heavy atom. The zero-order valence-electron chi connectivity index (χ0n) is 10.3. The maximum Gasteiger partial charge on any atom is 0.308 e. The van der Waals surface area contributed by atoms with Gasteiger partial charge in [0, 0.05) is 18.1 Å². The van der Waals surface area contributed by atoms with Gasteiger partial charge in [0.1, 0.15) is 0 Å². The van der Waals surface area contributed by atoms with Gasteiger partial charge in [0.05, 0.1) is 10.8 Å². The van der Waals surface area contributed by atoms with Crippen molar-refractivity contribution in [2.45, 2.75) is 11.8 Å². The van der Waals surface area contributed by atoms with Gasteiger partial charge in [0.2, 0.25) is 10.0 Å². The van der Waals surface area contributed by atoms with Gasteiger partial charge in [0.15, 0.2) is 0 Å². The molecule has 1 saturated heterocycles. The van der Waals surface area contributed by atoms with E-state index in [2.05, 4.69) is 0 Å². The average Bonchev–Trinajstić information content (AvgIpc) is 2.72. The predicted molar refractivity (Wildman–Crippen MR) is 70.5 cm³/mol. The summed E-state index contributed by atoms with van der Waals surface area (Å²) in [6.45, 7) is 1.99. The van der Waals surface area contributed by atoms with Crippen LogP contribution in [0.25, 0.3) is 0 Å². The van der Waals surface area contributed by atoms with Crippen molar-refractivity contribution in [2.75, 3.05) is 13.1 Å². The lowest BCUT2D eigenvalue weighted by Gasteiger charge is -2.16. The molecule has 5 nitrogen and oxygen atoms in total. The smallest absolute Gasteiger partial charge is 0.308 e. The third-order valence-corrected chi connectivity index (χ3v) is 5.45. The van der Waals surface area contributed by atoms with Gasteiger partial charge in [-0.1, -0.05) is 18.5 Å². The second-order valence-electron chi connectivity index (χ2n) is 4.70. The highest BCUT2D eigenvalue weighted by atomic mass is 35.5. The lowest BCUT2D eigenvalue weighted by molar-refractivity contribution is -0.142. The van der Waals surface area contributed by atoms with Crippen LogP contribution in [0.3, 0.4) is 0 Å². The second-order valence-corrected chi connectivity index (χ2v) is 7.07. The van der Waals surface area contributed by atoms with Crippen LogP contribution in [0.2, 0.25) is 5.02 Å². The van der Waals surface area contributed by atoms with Gasteiger partial charge >= 0.3 is 5.97 Å². The molecule has 0 spiro atoms. The van der Waals surface area contributed by atoms with Gasteiger partial charge in [-0.3, -0.25) is 4.79 Å². The van der Waals surface area contributed by atoms with Gasteiger partial charge < -0.3 is 5.11 Å². The summed E-state index contributed by atoms with van der Waals surface area (Å²) in [5.41, 5.74) is 0. The molecule has 0 radical (unpaired) electrons. The fourth-order valence-electron chi connectivity index (χ4n) is 2.20. The Morgan fingerprint density at radius 2 is 1.89 bits per heavy atom. The minimum absolute atomic E-state index is 0.0153. The SMILES string of the molecule is C[C@@H]1CN(S(=O)(=O)c2ccc(Cl)cc2)C[C@H]1C(=O)O. The number of aliphatic carboxylic acids is 1. The normalized spacial score (nSPS) is 24.5. The van der Waals surface area contributed by atoms with Crippen LogP contribution in [0.5, 0.6) is 0 Å². The number of carboxylic acids is 1. The average molecular weight is 304 g/mol. The highest BCUT2D eigenvalue weighted by molar-refractivity contribution is 7.89. The van der Waals surface area contributed by atoms with E-state index in [9.17, 15) is 13.2 Å². The first kappa shape index (κ1) is 14.3. The number of halogens is 1. The Bertz CT molecular complexity index is 584. The first-order valence-electron chi connectivity index (χ1n) is 5.81. The number of benzene rings is 1. The van der Waals surface area contributed by atoms with Crippen LogP contribution in [0, 0.1) is 11.8 Å². The summed E-state index contributed by atoms with van der Waals surface area (Å²) in [6.07, 6.45) is 0. The molecule has 1 aliphatic rings. The quantitative estimate of drug-likeness (QED) is 0.922. The van der Waals surface area contributed by atoms with Crippen LogP contribution in [-0.4, -0.2) is 36.9 Å². The molecule has 1 heterocycles. The molecule has 0 saturated carbocycles. The highest BCUT2D eigenvalue weighted by Crippen LogP contribution is 2.29. The van der Waals surface area contributed by atoms with E-state index in [1.54, 1.807) is 6.92 Å². The van der Waals surface area contributed by atoms with E-state index >= 15 is 0 Å². The minimum atomic E-state index is -3.64. The Kier molecular flexibility index (Phi) is 3.85. The number of carbonyl (C=O) groups is 1. The lowest BCUT2D eigenvalue weighted by atomic mass is 9.99. The van der Waals surface area contributed by atoms with E-state index in [1.165, 1.54) is 28.6 Å². The van der Waals surface area contributed by atoms with Crippen molar-refractivity contribution in [3.63, 3.8) is 0 Å². The third kappa shape index (κ3) is 2.75. The summed E-state index contributed by atoms with van der Waals surface area (Å²) in [4.78, 5) is 11.2. The molecule has 0 bridgehead atoms. The molecule has 0 amide bonds. The van der Waals surface area contributed by atoms with Crippen LogP contribution in [0.4, 0.5) is 0 Å². The number of hydrogen-bond donors (Lipinski definition) is 1. The zero-order valence-corrected chi connectivity index (χ0v) is 11.9. The molecular weight excluding hydrogens is 290 g/mol. The summed E-state index contributed by atoms with van der Waals surface area (Å²) in [7, 11) is -3.64. The van der Waals surface area contributed by atoms with Crippen LogP contribution >= 0.6 is 11.6 Å². The standard InChI is InChI=1S/C12H14ClNO4S/c1-8-6-14(7-11(8)12(15)16)19(17,18)10-4-2-9(13)3-5-10/h2-5,8,11H,6-7H2,1H3,(H,15,16)/t8-,11-/m1/s1. The molecule has 1 fully saturated rings. The molecule has 7 heteroatoms. The molecule has 19 heavy (non-hydrogen) atoms. The number of hydrogen-bond acceptors (Lipinski definition) is 3. The van der Waals surface area contributed by atoms with Crippen molar-refractivity contribution in [1.82, 2.24) is 4.31 Å². The largest absolute Gasteiger partial charge is 0.481 e. The zero-order chi connectivity index (χ0) is 14.2. The van der Waals surface area contributed by atoms with Crippen molar-refractivity contribution in [2.24, 2.45) is 11.8 Å². The summed E-state index contributed by atoms with van der Waals surface area (Å²) in [5.74, 6) is -1.80. The molecular formula is C12H14ClNO4S. The van der Waals surface area contributed by atoms with Crippen LogP contribution in [0.1, 0.15) is 6.92 Å². The molecule has 2 rings (SSSR count). The van der Waals surface area contributed by atoms with Crippen molar-refractivity contribution in [3.8, 4) is 0 Å². The Labute approximate surface area is 116 Å². The number of sulfonamides is 1. The fraction of sp³-hybridized carbons (Fsp3) is 0.417. The van der Waals surface area contributed by atoms with E-state index in [0.29, 0.717) is 5.02 Å². The molecule has 104 valence electrons. The van der Waals surface area contributed by atoms with Crippen molar-refractivity contribution >= 4 is 27.6 Å². The van der Waals surface area contributed by atoms with E-state index in [4.69, 9.17) is 16.7 Å². The predicted octanol–water partition coefficient (Wildman–Crippen LogP) is 1.68. The molecule has 1 aromatic carbocycles. The Morgan fingerprint density at radius 1 is 1.32 bits per heavy atom. The molecule has 1 N–H and O–H groups in total. The Balaban J connectivity index is 2.27. The van der Waals surface area contributed by atoms with Crippen molar-refractivity contribution in [3.05, 3.63) is 29.3 Å². The van der Waals surface area contributed by atoms with E-state index in [-0.39, 0.29) is 23.9 Å². The highest BCUT2D eigenvalue weighted by Gasteiger charge is 2.40. The van der Waals surface area contributed by atoms with Gasteiger partial charge in [-0.05, 0) is 30.2 Å². The second kappa shape index (κ2) is 5.11. The molecule has 0 aromatic heterocycles. The number of carboxylic acid groups (broad SMARTS) is 1. The third-order valence-electron chi connectivity index (χ3n) is 3.35. The van der Waals surface area contributed by atoms with Crippen LogP contribution in [0.15, 0.2) is 29.2 Å². The molecule has 1 aliphatic heterocycles. The molecule has 2 atom stereocenters. The fourth-order valence-corrected chi connectivity index (χ4v) is 3.89. The molecule has 0 unspecified atom stereocenters. The first-order chi connectivity index (χ1) is 8.82. The maximum absolute atomic E-state index is 12.3. The van der Waals surface area contributed by atoms with Crippen LogP contribution < -0.4 is 0 Å². The summed E-state index contributed by atoms with van der Waals surface area (Å²) in [5, 5.41) is 9.49. The molecule has 0 aliphatic carbocycles. The van der Waals surface area contributed by atoms with E-state index < -0.39 is 21.9 Å². The van der Waals surface area contributed by atoms with Gasteiger partial charge in [-0.2, -0.15) is 4.31 Å². The van der Waals surface area contributed by atoms with Gasteiger partial charge in [-0.15, -0.1) is 0 Å². The van der Waals surface area contributed by atoms with Crippen molar-refractivity contribution in [1.29, 1.82) is 0 Å². The minimum Gasteiger partial charge on any atom is -0.481 e.